The first-order valence-electron chi connectivity index (χ1n) is 6.96. The topological polar surface area (TPSA) is 41.6 Å². The first-order chi connectivity index (χ1) is 8.36. The van der Waals surface area contributed by atoms with Crippen LogP contribution < -0.4 is 5.32 Å². The summed E-state index contributed by atoms with van der Waals surface area (Å²) in [5.41, 5.74) is 0. The molecule has 0 aromatic heterocycles. The second-order valence-corrected chi connectivity index (χ2v) is 5.07. The number of carbonyl (C=O) groups excluding carboxylic acids is 1. The fourth-order valence-corrected chi connectivity index (χ4v) is 2.56. The highest BCUT2D eigenvalue weighted by molar-refractivity contribution is 5.77. The number of hydrogen-bond donors (Lipinski definition) is 1. The van der Waals surface area contributed by atoms with E-state index in [-0.39, 0.29) is 18.6 Å². The highest BCUT2D eigenvalue weighted by atomic mass is 16.5. The molecule has 0 radical (unpaired) electrons. The summed E-state index contributed by atoms with van der Waals surface area (Å²) in [5.74, 6) is 0.178. The number of amides is 1. The number of likely N-dealkylation sites (tertiary alicyclic amines) is 1. The first-order valence-corrected chi connectivity index (χ1v) is 6.96. The number of nitrogens with one attached hydrogen (secondary N) is 1. The summed E-state index contributed by atoms with van der Waals surface area (Å²) >= 11 is 0. The van der Waals surface area contributed by atoms with Crippen molar-refractivity contribution in [2.24, 2.45) is 0 Å². The van der Waals surface area contributed by atoms with Gasteiger partial charge >= 0.3 is 0 Å². The number of ether oxygens (including phenoxy) is 1. The molecule has 1 amide bonds. The Balaban J connectivity index is 1.68. The molecule has 4 heteroatoms. The minimum atomic E-state index is 0.178. The Morgan fingerprint density at radius 1 is 1.18 bits per heavy atom. The van der Waals surface area contributed by atoms with Crippen molar-refractivity contribution in [3.05, 3.63) is 0 Å². The quantitative estimate of drug-likeness (QED) is 0.805. The van der Waals surface area contributed by atoms with Crippen molar-refractivity contribution >= 4 is 5.91 Å². The van der Waals surface area contributed by atoms with Gasteiger partial charge in [-0.1, -0.05) is 12.8 Å². The molecule has 0 saturated carbocycles. The lowest BCUT2D eigenvalue weighted by Crippen LogP contribution is -2.40. The van der Waals surface area contributed by atoms with E-state index >= 15 is 0 Å². The van der Waals surface area contributed by atoms with Crippen LogP contribution in [-0.2, 0) is 9.53 Å². The predicted octanol–water partition coefficient (Wildman–Crippen LogP) is 1.16. The van der Waals surface area contributed by atoms with Crippen molar-refractivity contribution in [1.82, 2.24) is 10.2 Å². The van der Waals surface area contributed by atoms with E-state index in [1.54, 1.807) is 0 Å². The average molecular weight is 240 g/mol. The van der Waals surface area contributed by atoms with Gasteiger partial charge in [0, 0.05) is 19.6 Å². The fourth-order valence-electron chi connectivity index (χ4n) is 2.56. The van der Waals surface area contributed by atoms with Crippen molar-refractivity contribution in [2.45, 2.75) is 44.6 Å². The van der Waals surface area contributed by atoms with Crippen molar-refractivity contribution in [2.75, 3.05) is 32.8 Å². The van der Waals surface area contributed by atoms with Gasteiger partial charge in [0.25, 0.3) is 0 Å². The van der Waals surface area contributed by atoms with Crippen LogP contribution in [0.2, 0.25) is 0 Å². The van der Waals surface area contributed by atoms with Crippen LogP contribution in [0.1, 0.15) is 38.5 Å². The van der Waals surface area contributed by atoms with E-state index in [1.807, 2.05) is 4.90 Å². The molecule has 2 heterocycles. The maximum Gasteiger partial charge on any atom is 0.248 e. The number of nitrogens with zero attached hydrogens (tertiary/aromatic N) is 1. The summed E-state index contributed by atoms with van der Waals surface area (Å²) < 4.78 is 5.69. The van der Waals surface area contributed by atoms with Gasteiger partial charge in [0.05, 0.1) is 6.10 Å². The molecule has 98 valence electrons. The Kier molecular flexibility index (Phi) is 5.26. The predicted molar refractivity (Wildman–Crippen MR) is 66.9 cm³/mol. The Bertz CT molecular complexity index is 232. The molecule has 0 spiro atoms. The number of hydrogen-bond acceptors (Lipinski definition) is 3. The van der Waals surface area contributed by atoms with Gasteiger partial charge in [-0.25, -0.2) is 0 Å². The van der Waals surface area contributed by atoms with E-state index < -0.39 is 0 Å². The molecule has 0 aliphatic carbocycles. The molecular formula is C13H24N2O2. The van der Waals surface area contributed by atoms with Gasteiger partial charge in [-0.15, -0.1) is 0 Å². The maximum atomic E-state index is 12.0. The van der Waals surface area contributed by atoms with Crippen LogP contribution in [-0.4, -0.2) is 49.7 Å². The van der Waals surface area contributed by atoms with E-state index in [1.165, 1.54) is 12.8 Å². The second-order valence-electron chi connectivity index (χ2n) is 5.07. The van der Waals surface area contributed by atoms with E-state index in [0.717, 1.165) is 51.9 Å². The summed E-state index contributed by atoms with van der Waals surface area (Å²) in [7, 11) is 0. The zero-order chi connectivity index (χ0) is 11.9. The normalized spacial score (nSPS) is 26.6. The lowest BCUT2D eigenvalue weighted by atomic mass is 10.1. The van der Waals surface area contributed by atoms with Gasteiger partial charge in [-0.05, 0) is 32.2 Å². The Hall–Kier alpha value is -0.610. The van der Waals surface area contributed by atoms with Crippen molar-refractivity contribution < 1.29 is 9.53 Å². The monoisotopic (exact) mass is 240 g/mol. The van der Waals surface area contributed by atoms with Crippen LogP contribution in [0.15, 0.2) is 0 Å². The zero-order valence-corrected chi connectivity index (χ0v) is 10.6. The third-order valence-corrected chi connectivity index (χ3v) is 3.65. The lowest BCUT2D eigenvalue weighted by Gasteiger charge is -2.25. The van der Waals surface area contributed by atoms with Gasteiger partial charge in [0.15, 0.2) is 0 Å². The van der Waals surface area contributed by atoms with Crippen LogP contribution in [0.25, 0.3) is 0 Å². The van der Waals surface area contributed by atoms with E-state index in [0.29, 0.717) is 0 Å². The number of carbonyl (C=O) groups is 1. The van der Waals surface area contributed by atoms with Gasteiger partial charge in [-0.2, -0.15) is 0 Å². The van der Waals surface area contributed by atoms with Crippen LogP contribution in [0.5, 0.6) is 0 Å². The van der Waals surface area contributed by atoms with Crippen LogP contribution >= 0.6 is 0 Å². The summed E-state index contributed by atoms with van der Waals surface area (Å²) in [6.45, 7) is 4.09. The van der Waals surface area contributed by atoms with Gasteiger partial charge in [0.2, 0.25) is 5.91 Å². The molecule has 1 unspecified atom stereocenters. The smallest absolute Gasteiger partial charge is 0.248 e. The molecule has 2 saturated heterocycles. The number of piperidine rings is 1. The summed E-state index contributed by atoms with van der Waals surface area (Å²) in [5, 5.41) is 3.30. The van der Waals surface area contributed by atoms with Crippen molar-refractivity contribution in [3.8, 4) is 0 Å². The van der Waals surface area contributed by atoms with Crippen LogP contribution in [0.3, 0.4) is 0 Å². The molecule has 4 nitrogen and oxygen atoms in total. The summed E-state index contributed by atoms with van der Waals surface area (Å²) in [6.07, 6.45) is 7.30. The highest BCUT2D eigenvalue weighted by Gasteiger charge is 2.18. The molecule has 1 atom stereocenters. The average Bonchev–Trinajstić information content (AvgIpc) is 2.66. The summed E-state index contributed by atoms with van der Waals surface area (Å²) in [4.78, 5) is 13.9. The van der Waals surface area contributed by atoms with Crippen molar-refractivity contribution in [3.63, 3.8) is 0 Å². The highest BCUT2D eigenvalue weighted by Crippen LogP contribution is 2.11. The first kappa shape index (κ1) is 12.8. The molecule has 17 heavy (non-hydrogen) atoms. The Morgan fingerprint density at radius 3 is 2.59 bits per heavy atom. The minimum Gasteiger partial charge on any atom is -0.367 e. The number of rotatable bonds is 3. The Morgan fingerprint density at radius 2 is 1.94 bits per heavy atom. The van der Waals surface area contributed by atoms with Crippen LogP contribution in [0.4, 0.5) is 0 Å². The van der Waals surface area contributed by atoms with E-state index in [2.05, 4.69) is 5.32 Å². The zero-order valence-electron chi connectivity index (χ0n) is 10.6. The van der Waals surface area contributed by atoms with Gasteiger partial charge < -0.3 is 15.0 Å². The van der Waals surface area contributed by atoms with Crippen LogP contribution in [0, 0.1) is 0 Å². The molecule has 2 aliphatic rings. The lowest BCUT2D eigenvalue weighted by molar-refractivity contribution is -0.138. The standard InChI is InChI=1S/C13H24N2O2/c16-13(15-8-3-1-2-4-9-15)11-17-12-6-5-7-14-10-12/h12,14H,1-11H2. The molecule has 1 N–H and O–H groups in total. The van der Waals surface area contributed by atoms with E-state index in [4.69, 9.17) is 4.74 Å². The maximum absolute atomic E-state index is 12.0. The molecule has 2 rings (SSSR count). The molecule has 0 aromatic carbocycles. The molecule has 2 fully saturated rings. The third-order valence-electron chi connectivity index (χ3n) is 3.65. The molecule has 2 aliphatic heterocycles. The van der Waals surface area contributed by atoms with Gasteiger partial charge in [0.1, 0.15) is 6.61 Å². The third kappa shape index (κ3) is 4.28. The minimum absolute atomic E-state index is 0.178. The van der Waals surface area contributed by atoms with Gasteiger partial charge in [-0.3, -0.25) is 4.79 Å². The molecular weight excluding hydrogens is 216 g/mol. The molecule has 0 aromatic rings. The van der Waals surface area contributed by atoms with E-state index in [9.17, 15) is 4.79 Å². The largest absolute Gasteiger partial charge is 0.367 e. The Labute approximate surface area is 104 Å². The molecule has 0 bridgehead atoms. The second kappa shape index (κ2) is 6.97. The van der Waals surface area contributed by atoms with Crippen molar-refractivity contribution in [1.29, 1.82) is 0 Å². The summed E-state index contributed by atoms with van der Waals surface area (Å²) in [6, 6.07) is 0. The fraction of sp³-hybridized carbons (Fsp3) is 0.923. The SMILES string of the molecule is O=C(COC1CCCNC1)N1CCCCCC1.